The van der Waals surface area contributed by atoms with Gasteiger partial charge in [-0.05, 0) is 12.8 Å². The predicted molar refractivity (Wildman–Crippen MR) is 59.9 cm³/mol. The van der Waals surface area contributed by atoms with E-state index < -0.39 is 5.97 Å². The molecule has 1 unspecified atom stereocenters. The molecule has 1 atom stereocenters. The number of amides is 1. The highest BCUT2D eigenvalue weighted by Gasteiger charge is 2.29. The Morgan fingerprint density at radius 1 is 1.53 bits per heavy atom. The number of carbonyl (C=O) groups excluding carboxylic acids is 1. The standard InChI is InChI=1S/C10H17NO3S/c1-7(10(13)14)5-15-6-9(12)11(2)8-3-4-8/h7-8H,3-6H2,1-2H3,(H,13,14). The van der Waals surface area contributed by atoms with Crippen molar-refractivity contribution in [1.82, 2.24) is 4.90 Å². The lowest BCUT2D eigenvalue weighted by atomic mass is 10.2. The van der Waals surface area contributed by atoms with Crippen molar-refractivity contribution in [3.05, 3.63) is 0 Å². The Morgan fingerprint density at radius 3 is 2.60 bits per heavy atom. The quantitative estimate of drug-likeness (QED) is 0.742. The highest BCUT2D eigenvalue weighted by molar-refractivity contribution is 7.99. The molecule has 0 aromatic rings. The number of carboxylic acid groups (broad SMARTS) is 1. The van der Waals surface area contributed by atoms with Crippen LogP contribution in [0.1, 0.15) is 19.8 Å². The zero-order chi connectivity index (χ0) is 11.4. The third-order valence-electron chi connectivity index (χ3n) is 2.50. The molecule has 0 aromatic carbocycles. The van der Waals surface area contributed by atoms with Gasteiger partial charge in [0.1, 0.15) is 0 Å². The molecule has 15 heavy (non-hydrogen) atoms. The Kier molecular flexibility index (Phi) is 4.45. The lowest BCUT2D eigenvalue weighted by molar-refractivity contribution is -0.140. The van der Waals surface area contributed by atoms with Crippen molar-refractivity contribution in [3.8, 4) is 0 Å². The number of rotatable bonds is 6. The first-order chi connectivity index (χ1) is 7.02. The first-order valence-corrected chi connectivity index (χ1v) is 6.24. The Balaban J connectivity index is 2.13. The summed E-state index contributed by atoms with van der Waals surface area (Å²) in [6.07, 6.45) is 2.22. The van der Waals surface area contributed by atoms with Gasteiger partial charge < -0.3 is 10.0 Å². The second-order valence-corrected chi connectivity index (χ2v) is 5.02. The minimum absolute atomic E-state index is 0.111. The van der Waals surface area contributed by atoms with Gasteiger partial charge in [0.2, 0.25) is 5.91 Å². The Labute approximate surface area is 94.0 Å². The zero-order valence-corrected chi connectivity index (χ0v) is 9.92. The third kappa shape index (κ3) is 4.11. The minimum atomic E-state index is -0.800. The molecule has 1 fully saturated rings. The van der Waals surface area contributed by atoms with Gasteiger partial charge in [-0.25, -0.2) is 0 Å². The van der Waals surface area contributed by atoms with Gasteiger partial charge in [0, 0.05) is 18.8 Å². The summed E-state index contributed by atoms with van der Waals surface area (Å²) in [6.45, 7) is 1.66. The van der Waals surface area contributed by atoms with Crippen molar-refractivity contribution < 1.29 is 14.7 Å². The molecule has 1 aliphatic carbocycles. The Hall–Kier alpha value is -0.710. The van der Waals surface area contributed by atoms with Crippen LogP contribution in [-0.2, 0) is 9.59 Å². The largest absolute Gasteiger partial charge is 0.481 e. The molecule has 0 saturated heterocycles. The molecular weight excluding hydrogens is 214 g/mol. The van der Waals surface area contributed by atoms with E-state index in [0.717, 1.165) is 12.8 Å². The molecule has 86 valence electrons. The number of hydrogen-bond acceptors (Lipinski definition) is 3. The van der Waals surface area contributed by atoms with E-state index in [1.165, 1.54) is 11.8 Å². The van der Waals surface area contributed by atoms with Crippen LogP contribution in [0.4, 0.5) is 0 Å². The molecule has 1 saturated carbocycles. The summed E-state index contributed by atoms with van der Waals surface area (Å²) in [5.41, 5.74) is 0. The molecule has 4 nitrogen and oxygen atoms in total. The smallest absolute Gasteiger partial charge is 0.307 e. The summed E-state index contributed by atoms with van der Waals surface area (Å²) in [5.74, 6) is -0.177. The number of thioether (sulfide) groups is 1. The van der Waals surface area contributed by atoms with Gasteiger partial charge in [-0.1, -0.05) is 6.92 Å². The maximum atomic E-state index is 11.5. The van der Waals surface area contributed by atoms with Crippen LogP contribution < -0.4 is 0 Å². The molecule has 1 N–H and O–H groups in total. The van der Waals surface area contributed by atoms with Gasteiger partial charge in [0.05, 0.1) is 11.7 Å². The molecule has 0 radical (unpaired) electrons. The summed E-state index contributed by atoms with van der Waals surface area (Å²) in [5, 5.41) is 8.65. The van der Waals surface area contributed by atoms with Crippen LogP contribution in [0.3, 0.4) is 0 Å². The predicted octanol–water partition coefficient (Wildman–Crippen LogP) is 1.06. The van der Waals surface area contributed by atoms with Crippen molar-refractivity contribution in [2.75, 3.05) is 18.6 Å². The molecule has 0 heterocycles. The molecule has 5 heteroatoms. The van der Waals surface area contributed by atoms with Crippen LogP contribution in [0.25, 0.3) is 0 Å². The van der Waals surface area contributed by atoms with Crippen LogP contribution in [0, 0.1) is 5.92 Å². The first kappa shape index (κ1) is 12.4. The van der Waals surface area contributed by atoms with E-state index in [9.17, 15) is 9.59 Å². The average Bonchev–Trinajstić information content (AvgIpc) is 2.99. The molecule has 0 spiro atoms. The lowest BCUT2D eigenvalue weighted by Crippen LogP contribution is -2.30. The molecular formula is C10H17NO3S. The number of nitrogens with zero attached hydrogens (tertiary/aromatic N) is 1. The minimum Gasteiger partial charge on any atom is -0.481 e. The van der Waals surface area contributed by atoms with Crippen molar-refractivity contribution in [1.29, 1.82) is 0 Å². The fourth-order valence-corrected chi connectivity index (χ4v) is 2.15. The van der Waals surface area contributed by atoms with Crippen LogP contribution in [0.5, 0.6) is 0 Å². The van der Waals surface area contributed by atoms with Gasteiger partial charge in [-0.15, -0.1) is 0 Å². The summed E-state index contributed by atoms with van der Waals surface area (Å²) >= 11 is 1.40. The van der Waals surface area contributed by atoms with Crippen LogP contribution >= 0.6 is 11.8 Å². The average molecular weight is 231 g/mol. The summed E-state index contributed by atoms with van der Waals surface area (Å²) in [7, 11) is 1.82. The highest BCUT2D eigenvalue weighted by atomic mass is 32.2. The van der Waals surface area contributed by atoms with E-state index in [1.54, 1.807) is 11.8 Å². The van der Waals surface area contributed by atoms with Crippen LogP contribution in [0.15, 0.2) is 0 Å². The Bertz CT molecular complexity index is 253. The van der Waals surface area contributed by atoms with E-state index in [0.29, 0.717) is 17.5 Å². The monoisotopic (exact) mass is 231 g/mol. The topological polar surface area (TPSA) is 57.6 Å². The molecule has 0 aromatic heterocycles. The molecule has 0 aliphatic heterocycles. The van der Waals surface area contributed by atoms with E-state index in [4.69, 9.17) is 5.11 Å². The van der Waals surface area contributed by atoms with Crippen molar-refractivity contribution in [2.45, 2.75) is 25.8 Å². The van der Waals surface area contributed by atoms with Crippen molar-refractivity contribution >= 4 is 23.6 Å². The van der Waals surface area contributed by atoms with Gasteiger partial charge in [0.15, 0.2) is 0 Å². The van der Waals surface area contributed by atoms with Crippen LogP contribution in [0.2, 0.25) is 0 Å². The maximum absolute atomic E-state index is 11.5. The molecule has 1 aliphatic rings. The summed E-state index contributed by atoms with van der Waals surface area (Å²) in [4.78, 5) is 23.8. The zero-order valence-electron chi connectivity index (χ0n) is 9.10. The molecule has 0 bridgehead atoms. The van der Waals surface area contributed by atoms with Crippen molar-refractivity contribution in [3.63, 3.8) is 0 Å². The fourth-order valence-electron chi connectivity index (χ4n) is 1.16. The highest BCUT2D eigenvalue weighted by Crippen LogP contribution is 2.25. The third-order valence-corrected chi connectivity index (χ3v) is 3.69. The van der Waals surface area contributed by atoms with E-state index in [1.807, 2.05) is 7.05 Å². The second-order valence-electron chi connectivity index (χ2n) is 3.99. The number of carboxylic acids is 1. The number of aliphatic carboxylic acids is 1. The summed E-state index contributed by atoms with van der Waals surface area (Å²) < 4.78 is 0. The van der Waals surface area contributed by atoms with E-state index in [-0.39, 0.29) is 11.8 Å². The van der Waals surface area contributed by atoms with Gasteiger partial charge >= 0.3 is 5.97 Å². The first-order valence-electron chi connectivity index (χ1n) is 5.08. The number of hydrogen-bond donors (Lipinski definition) is 1. The second kappa shape index (κ2) is 5.39. The van der Waals surface area contributed by atoms with Gasteiger partial charge in [0.25, 0.3) is 0 Å². The number of carbonyl (C=O) groups is 2. The SMILES string of the molecule is CC(CSCC(=O)N(C)C1CC1)C(=O)O. The molecule has 1 rings (SSSR count). The lowest BCUT2D eigenvalue weighted by Gasteiger charge is -2.16. The van der Waals surface area contributed by atoms with Crippen molar-refractivity contribution in [2.24, 2.45) is 5.92 Å². The Morgan fingerprint density at radius 2 is 2.13 bits per heavy atom. The van der Waals surface area contributed by atoms with E-state index in [2.05, 4.69) is 0 Å². The van der Waals surface area contributed by atoms with Gasteiger partial charge in [-0.3, -0.25) is 9.59 Å². The van der Waals surface area contributed by atoms with Crippen LogP contribution in [-0.4, -0.2) is 46.5 Å². The maximum Gasteiger partial charge on any atom is 0.307 e. The fraction of sp³-hybridized carbons (Fsp3) is 0.800. The molecule has 1 amide bonds. The summed E-state index contributed by atoms with van der Waals surface area (Å²) in [6, 6.07) is 0.440. The van der Waals surface area contributed by atoms with E-state index >= 15 is 0 Å². The van der Waals surface area contributed by atoms with Gasteiger partial charge in [-0.2, -0.15) is 11.8 Å². The normalized spacial score (nSPS) is 17.2.